The van der Waals surface area contributed by atoms with Crippen LogP contribution in [0.5, 0.6) is 0 Å². The molecule has 1 fully saturated rings. The van der Waals surface area contributed by atoms with Gasteiger partial charge in [0.2, 0.25) is 0 Å². The second-order valence-corrected chi connectivity index (χ2v) is 6.93. The molecule has 0 saturated heterocycles. The fourth-order valence-electron chi connectivity index (χ4n) is 2.79. The molecule has 3 N–H and O–H groups in total. The Labute approximate surface area is 128 Å². The monoisotopic (exact) mass is 310 g/mol. The number of carbonyl (C=O) groups excluding carboxylic acids is 1. The summed E-state index contributed by atoms with van der Waals surface area (Å²) in [5, 5.41) is 14.7. The summed E-state index contributed by atoms with van der Waals surface area (Å²) < 4.78 is 0. The number of aliphatic carboxylic acids is 1. The summed E-state index contributed by atoms with van der Waals surface area (Å²) in [6.07, 6.45) is 5.01. The van der Waals surface area contributed by atoms with Crippen molar-refractivity contribution in [1.29, 1.82) is 0 Å². The predicted octanol–water partition coefficient (Wildman–Crippen LogP) is 2.89. The molecule has 0 radical (unpaired) electrons. The number of carboxylic acids is 1. The number of carboxylic acid groups (broad SMARTS) is 1. The number of carbonyl (C=O) groups is 2. The van der Waals surface area contributed by atoms with Crippen molar-refractivity contribution < 1.29 is 14.7 Å². The molecular weight excluding hydrogens is 288 g/mol. The Morgan fingerprint density at radius 1 is 1.33 bits per heavy atom. The Morgan fingerprint density at radius 2 is 2.05 bits per heavy atom. The average molecular weight is 310 g/mol. The van der Waals surface area contributed by atoms with Crippen LogP contribution < -0.4 is 10.6 Å². The minimum Gasteiger partial charge on any atom is -0.480 e. The highest BCUT2D eigenvalue weighted by Crippen LogP contribution is 2.26. The summed E-state index contributed by atoms with van der Waals surface area (Å²) >= 11 is 1.62. The van der Waals surface area contributed by atoms with E-state index in [0.717, 1.165) is 37.0 Å². The highest BCUT2D eigenvalue weighted by molar-refractivity contribution is 7.11. The van der Waals surface area contributed by atoms with Gasteiger partial charge >= 0.3 is 12.0 Å². The lowest BCUT2D eigenvalue weighted by atomic mass is 9.84. The van der Waals surface area contributed by atoms with Gasteiger partial charge in [0.05, 0.1) is 6.54 Å². The SMILES string of the molecule is Cc1ccc(CNC(=O)NC(C(=O)O)C2CCCCC2)s1. The minimum absolute atomic E-state index is 0.0472. The van der Waals surface area contributed by atoms with Gasteiger partial charge in [-0.3, -0.25) is 0 Å². The van der Waals surface area contributed by atoms with E-state index < -0.39 is 18.0 Å². The molecule has 1 atom stereocenters. The second kappa shape index (κ2) is 7.45. The van der Waals surface area contributed by atoms with E-state index in [9.17, 15) is 14.7 Å². The number of hydrogen-bond acceptors (Lipinski definition) is 3. The Balaban J connectivity index is 1.84. The molecule has 5 nitrogen and oxygen atoms in total. The zero-order valence-corrected chi connectivity index (χ0v) is 13.0. The van der Waals surface area contributed by atoms with Crippen molar-refractivity contribution in [2.24, 2.45) is 5.92 Å². The molecule has 1 unspecified atom stereocenters. The summed E-state index contributed by atoms with van der Waals surface area (Å²) in [5.74, 6) is -0.894. The molecule has 0 bridgehead atoms. The fraction of sp³-hybridized carbons (Fsp3) is 0.600. The fourth-order valence-corrected chi connectivity index (χ4v) is 3.62. The van der Waals surface area contributed by atoms with E-state index in [1.165, 1.54) is 4.88 Å². The van der Waals surface area contributed by atoms with E-state index in [0.29, 0.717) is 6.54 Å². The van der Waals surface area contributed by atoms with Crippen LogP contribution in [-0.4, -0.2) is 23.1 Å². The van der Waals surface area contributed by atoms with Gasteiger partial charge < -0.3 is 15.7 Å². The molecule has 1 heterocycles. The van der Waals surface area contributed by atoms with Crippen molar-refractivity contribution in [2.75, 3.05) is 0 Å². The number of aryl methyl sites for hydroxylation is 1. The van der Waals surface area contributed by atoms with Crippen molar-refractivity contribution in [3.63, 3.8) is 0 Å². The first kappa shape index (κ1) is 15.8. The van der Waals surface area contributed by atoms with Crippen LogP contribution in [0.1, 0.15) is 41.9 Å². The third kappa shape index (κ3) is 4.74. The van der Waals surface area contributed by atoms with Crippen molar-refractivity contribution in [1.82, 2.24) is 10.6 Å². The van der Waals surface area contributed by atoms with Crippen molar-refractivity contribution in [2.45, 2.75) is 51.6 Å². The maximum absolute atomic E-state index is 11.9. The van der Waals surface area contributed by atoms with Crippen LogP contribution in [-0.2, 0) is 11.3 Å². The Hall–Kier alpha value is -1.56. The molecule has 1 saturated carbocycles. The van der Waals surface area contributed by atoms with Gasteiger partial charge in [-0.2, -0.15) is 0 Å². The Morgan fingerprint density at radius 3 is 2.62 bits per heavy atom. The lowest BCUT2D eigenvalue weighted by Gasteiger charge is -2.28. The van der Waals surface area contributed by atoms with Crippen molar-refractivity contribution in [3.05, 3.63) is 21.9 Å². The van der Waals surface area contributed by atoms with Crippen LogP contribution >= 0.6 is 11.3 Å². The van der Waals surface area contributed by atoms with E-state index >= 15 is 0 Å². The van der Waals surface area contributed by atoms with Crippen molar-refractivity contribution in [3.8, 4) is 0 Å². The van der Waals surface area contributed by atoms with Gasteiger partial charge in [0, 0.05) is 9.75 Å². The second-order valence-electron chi connectivity index (χ2n) is 5.55. The number of hydrogen-bond donors (Lipinski definition) is 3. The molecular formula is C15H22N2O3S. The van der Waals surface area contributed by atoms with E-state index in [-0.39, 0.29) is 5.92 Å². The molecule has 0 aliphatic heterocycles. The maximum Gasteiger partial charge on any atom is 0.326 e. The van der Waals surface area contributed by atoms with E-state index in [1.54, 1.807) is 11.3 Å². The zero-order chi connectivity index (χ0) is 15.2. The van der Waals surface area contributed by atoms with E-state index in [2.05, 4.69) is 10.6 Å². The normalized spacial score (nSPS) is 17.2. The average Bonchev–Trinajstić information content (AvgIpc) is 2.89. The van der Waals surface area contributed by atoms with Gasteiger partial charge in [0.1, 0.15) is 6.04 Å². The van der Waals surface area contributed by atoms with Gasteiger partial charge in [-0.25, -0.2) is 9.59 Å². The number of rotatable bonds is 5. The van der Waals surface area contributed by atoms with Gasteiger partial charge in [-0.15, -0.1) is 11.3 Å². The summed E-state index contributed by atoms with van der Waals surface area (Å²) in [6.45, 7) is 2.44. The largest absolute Gasteiger partial charge is 0.480 e. The lowest BCUT2D eigenvalue weighted by Crippen LogP contribution is -2.50. The summed E-state index contributed by atoms with van der Waals surface area (Å²) in [7, 11) is 0. The quantitative estimate of drug-likeness (QED) is 0.782. The third-order valence-electron chi connectivity index (χ3n) is 3.89. The standard InChI is InChI=1S/C15H22N2O3S/c1-10-7-8-12(21-10)9-16-15(20)17-13(14(18)19)11-5-3-2-4-6-11/h7-8,11,13H,2-6,9H2,1H3,(H,18,19)(H2,16,17,20). The molecule has 6 heteroatoms. The summed E-state index contributed by atoms with van der Waals surface area (Å²) in [4.78, 5) is 25.5. The third-order valence-corrected chi connectivity index (χ3v) is 4.89. The first-order valence-corrected chi connectivity index (χ1v) is 8.20. The van der Waals surface area contributed by atoms with Crippen LogP contribution in [0.3, 0.4) is 0 Å². The van der Waals surface area contributed by atoms with Gasteiger partial charge in [-0.05, 0) is 37.8 Å². The van der Waals surface area contributed by atoms with Crippen LogP contribution in [0.25, 0.3) is 0 Å². The molecule has 0 aromatic carbocycles. The van der Waals surface area contributed by atoms with Crippen LogP contribution in [0.15, 0.2) is 12.1 Å². The minimum atomic E-state index is -0.941. The molecule has 2 rings (SSSR count). The van der Waals surface area contributed by atoms with Crippen molar-refractivity contribution >= 4 is 23.3 Å². The molecule has 1 aromatic heterocycles. The Kier molecular flexibility index (Phi) is 5.61. The van der Waals surface area contributed by atoms with E-state index in [4.69, 9.17) is 0 Å². The number of urea groups is 1. The molecule has 1 aromatic rings. The highest BCUT2D eigenvalue weighted by atomic mass is 32.1. The van der Waals surface area contributed by atoms with E-state index in [1.807, 2.05) is 19.1 Å². The topological polar surface area (TPSA) is 78.4 Å². The molecule has 2 amide bonds. The Bertz CT molecular complexity index is 495. The first-order valence-electron chi connectivity index (χ1n) is 7.39. The number of amides is 2. The zero-order valence-electron chi connectivity index (χ0n) is 12.2. The van der Waals surface area contributed by atoms with Crippen LogP contribution in [0.4, 0.5) is 4.79 Å². The maximum atomic E-state index is 11.9. The molecule has 1 aliphatic carbocycles. The first-order chi connectivity index (χ1) is 10.1. The molecule has 116 valence electrons. The smallest absolute Gasteiger partial charge is 0.326 e. The highest BCUT2D eigenvalue weighted by Gasteiger charge is 2.30. The van der Waals surface area contributed by atoms with Gasteiger partial charge in [0.25, 0.3) is 0 Å². The summed E-state index contributed by atoms with van der Waals surface area (Å²) in [5.41, 5.74) is 0. The lowest BCUT2D eigenvalue weighted by molar-refractivity contribution is -0.141. The molecule has 21 heavy (non-hydrogen) atoms. The predicted molar refractivity (Wildman–Crippen MR) is 82.4 cm³/mol. The molecule has 0 spiro atoms. The van der Waals surface area contributed by atoms with Gasteiger partial charge in [0.15, 0.2) is 0 Å². The van der Waals surface area contributed by atoms with Crippen LogP contribution in [0, 0.1) is 12.8 Å². The van der Waals surface area contributed by atoms with Crippen LogP contribution in [0.2, 0.25) is 0 Å². The summed E-state index contributed by atoms with van der Waals surface area (Å²) in [6, 6.07) is 2.78. The van der Waals surface area contributed by atoms with Gasteiger partial charge in [-0.1, -0.05) is 19.3 Å². The molecule has 1 aliphatic rings. The number of nitrogens with one attached hydrogen (secondary N) is 2. The number of thiophene rings is 1.